The number of phenolic OH excluding ortho intramolecular Hbond substituents is 1. The largest absolute Gasteiger partial charge is 0.507 e. The van der Waals surface area contributed by atoms with Crippen molar-refractivity contribution in [2.45, 2.75) is 33.8 Å². The zero-order valence-electron chi connectivity index (χ0n) is 15.6. The molecule has 0 saturated heterocycles. The number of hydrogen-bond donors (Lipinski definition) is 1. The predicted molar refractivity (Wildman–Crippen MR) is 101 cm³/mol. The Morgan fingerprint density at radius 3 is 2.58 bits per heavy atom. The fourth-order valence-electron chi connectivity index (χ4n) is 2.32. The number of benzene rings is 2. The van der Waals surface area contributed by atoms with Crippen molar-refractivity contribution in [2.75, 3.05) is 7.11 Å². The molecule has 0 aliphatic carbocycles. The minimum Gasteiger partial charge on any atom is -0.507 e. The van der Waals surface area contributed by atoms with Crippen LogP contribution in [-0.4, -0.2) is 18.2 Å². The molecule has 0 aliphatic heterocycles. The zero-order chi connectivity index (χ0) is 19.7. The third-order valence-corrected chi connectivity index (χ3v) is 3.60. The maximum Gasteiger partial charge on any atom is 0.310 e. The lowest BCUT2D eigenvalue weighted by Crippen LogP contribution is -2.07. The summed E-state index contributed by atoms with van der Waals surface area (Å²) in [5.41, 5.74) is 2.64. The van der Waals surface area contributed by atoms with Crippen LogP contribution >= 0.6 is 0 Å². The predicted octanol–water partition coefficient (Wildman–Crippen LogP) is 4.80. The van der Waals surface area contributed by atoms with Gasteiger partial charge in [0.2, 0.25) is 0 Å². The minimum atomic E-state index is -0.452. The van der Waals surface area contributed by atoms with Crippen molar-refractivity contribution >= 4 is 12.0 Å². The fraction of sp³-hybridized carbons (Fsp3) is 0.286. The lowest BCUT2D eigenvalue weighted by atomic mass is 10.1. The van der Waals surface area contributed by atoms with E-state index < -0.39 is 11.8 Å². The van der Waals surface area contributed by atoms with Gasteiger partial charge in [-0.1, -0.05) is 32.6 Å². The molecule has 2 rings (SSSR count). The molecule has 0 fully saturated rings. The Morgan fingerprint density at radius 2 is 1.96 bits per heavy atom. The molecule has 0 atom stereocenters. The van der Waals surface area contributed by atoms with Crippen LogP contribution < -0.4 is 4.74 Å². The van der Waals surface area contributed by atoms with E-state index in [1.807, 2.05) is 13.8 Å². The standard InChI is InChI=1S/C19H19FO4.C2H6/c1-4-14-8-13(7-12(2)19(14)22)11-24-17-10-16(20)6-5-15(17)9-18(21)23-3;1-2/h4-8,10,22H,1,9,11H2,2-3H3;1-2H3. The average molecular weight is 360 g/mol. The van der Waals surface area contributed by atoms with Crippen molar-refractivity contribution in [3.8, 4) is 11.5 Å². The number of aryl methyl sites for hydroxylation is 1. The normalized spacial score (nSPS) is 9.73. The summed E-state index contributed by atoms with van der Waals surface area (Å²) in [6, 6.07) is 7.53. The molecule has 0 spiro atoms. The molecule has 0 unspecified atom stereocenters. The van der Waals surface area contributed by atoms with Crippen LogP contribution in [0.2, 0.25) is 0 Å². The molecule has 0 amide bonds. The van der Waals surface area contributed by atoms with Gasteiger partial charge in [0.05, 0.1) is 13.5 Å². The number of methoxy groups -OCH3 is 1. The maximum absolute atomic E-state index is 13.5. The van der Waals surface area contributed by atoms with Gasteiger partial charge in [0, 0.05) is 17.2 Å². The van der Waals surface area contributed by atoms with E-state index in [9.17, 15) is 14.3 Å². The Hall–Kier alpha value is -2.82. The third-order valence-electron chi connectivity index (χ3n) is 3.60. The molecule has 0 aromatic heterocycles. The topological polar surface area (TPSA) is 55.8 Å². The Balaban J connectivity index is 0.00000163. The van der Waals surface area contributed by atoms with Gasteiger partial charge in [0.15, 0.2) is 0 Å². The first-order valence-corrected chi connectivity index (χ1v) is 8.37. The van der Waals surface area contributed by atoms with E-state index in [0.29, 0.717) is 16.7 Å². The van der Waals surface area contributed by atoms with Gasteiger partial charge in [0.1, 0.15) is 23.9 Å². The second-order valence-electron chi connectivity index (χ2n) is 5.35. The number of carbonyl (C=O) groups is 1. The maximum atomic E-state index is 13.5. The summed E-state index contributed by atoms with van der Waals surface area (Å²) in [6.07, 6.45) is 1.55. The molecule has 140 valence electrons. The van der Waals surface area contributed by atoms with Crippen molar-refractivity contribution in [3.63, 3.8) is 0 Å². The quantitative estimate of drug-likeness (QED) is 0.752. The van der Waals surface area contributed by atoms with E-state index in [4.69, 9.17) is 4.74 Å². The van der Waals surface area contributed by atoms with Gasteiger partial charge in [-0.25, -0.2) is 4.39 Å². The molecule has 0 radical (unpaired) electrons. The Labute approximate surface area is 153 Å². The summed E-state index contributed by atoms with van der Waals surface area (Å²) >= 11 is 0. The Bertz CT molecular complexity index is 769. The van der Waals surface area contributed by atoms with Crippen LogP contribution in [0.25, 0.3) is 6.08 Å². The van der Waals surface area contributed by atoms with E-state index in [1.165, 1.54) is 25.3 Å². The second-order valence-corrected chi connectivity index (χ2v) is 5.35. The fourth-order valence-corrected chi connectivity index (χ4v) is 2.32. The van der Waals surface area contributed by atoms with E-state index in [0.717, 1.165) is 5.56 Å². The highest BCUT2D eigenvalue weighted by molar-refractivity contribution is 5.73. The van der Waals surface area contributed by atoms with Crippen molar-refractivity contribution in [3.05, 3.63) is 65.0 Å². The monoisotopic (exact) mass is 360 g/mol. The van der Waals surface area contributed by atoms with E-state index in [1.54, 1.807) is 25.1 Å². The number of carbonyl (C=O) groups excluding carboxylic acids is 1. The first-order valence-electron chi connectivity index (χ1n) is 8.37. The molecule has 0 heterocycles. The van der Waals surface area contributed by atoms with Crippen molar-refractivity contribution in [1.29, 1.82) is 0 Å². The third kappa shape index (κ3) is 5.62. The van der Waals surface area contributed by atoms with E-state index in [-0.39, 0.29) is 24.5 Å². The van der Waals surface area contributed by atoms with Gasteiger partial charge < -0.3 is 14.6 Å². The van der Waals surface area contributed by atoms with Crippen LogP contribution in [0.15, 0.2) is 36.9 Å². The van der Waals surface area contributed by atoms with Gasteiger partial charge >= 0.3 is 5.97 Å². The highest BCUT2D eigenvalue weighted by atomic mass is 19.1. The number of aromatic hydroxyl groups is 1. The van der Waals surface area contributed by atoms with Crippen LogP contribution in [0.5, 0.6) is 11.5 Å². The van der Waals surface area contributed by atoms with Crippen LogP contribution in [0, 0.1) is 12.7 Å². The summed E-state index contributed by atoms with van der Waals surface area (Å²) in [6.45, 7) is 9.60. The summed E-state index contributed by atoms with van der Waals surface area (Å²) in [5.74, 6) is -0.426. The van der Waals surface area contributed by atoms with Crippen LogP contribution in [-0.2, 0) is 22.6 Å². The average Bonchev–Trinajstić information content (AvgIpc) is 2.65. The second kappa shape index (κ2) is 10.2. The number of esters is 1. The Morgan fingerprint density at radius 1 is 1.27 bits per heavy atom. The molecule has 4 nitrogen and oxygen atoms in total. The SMILES string of the molecule is C=Cc1cc(COc2cc(F)ccc2CC(=O)OC)cc(C)c1O.CC. The minimum absolute atomic E-state index is 0.00136. The molecular weight excluding hydrogens is 335 g/mol. The number of halogens is 1. The highest BCUT2D eigenvalue weighted by Crippen LogP contribution is 2.27. The lowest BCUT2D eigenvalue weighted by molar-refractivity contribution is -0.139. The lowest BCUT2D eigenvalue weighted by Gasteiger charge is -2.13. The number of hydrogen-bond acceptors (Lipinski definition) is 4. The number of ether oxygens (including phenoxy) is 2. The first kappa shape index (κ1) is 21.2. The van der Waals surface area contributed by atoms with Gasteiger partial charge in [-0.3, -0.25) is 4.79 Å². The Kier molecular flexibility index (Phi) is 8.35. The summed E-state index contributed by atoms with van der Waals surface area (Å²) in [5, 5.41) is 9.90. The number of phenols is 1. The van der Waals surface area contributed by atoms with Crippen LogP contribution in [0.4, 0.5) is 4.39 Å². The highest BCUT2D eigenvalue weighted by Gasteiger charge is 2.12. The summed E-state index contributed by atoms with van der Waals surface area (Å²) in [4.78, 5) is 11.4. The molecule has 0 aliphatic rings. The molecule has 2 aromatic rings. The first-order chi connectivity index (χ1) is 12.4. The van der Waals surface area contributed by atoms with Gasteiger partial charge in [0.25, 0.3) is 0 Å². The molecule has 5 heteroatoms. The summed E-state index contributed by atoms with van der Waals surface area (Å²) in [7, 11) is 1.29. The van der Waals surface area contributed by atoms with Crippen molar-refractivity contribution in [2.24, 2.45) is 0 Å². The van der Waals surface area contributed by atoms with Gasteiger partial charge in [-0.15, -0.1) is 0 Å². The van der Waals surface area contributed by atoms with Crippen LogP contribution in [0.1, 0.15) is 36.1 Å². The molecule has 1 N–H and O–H groups in total. The molecular formula is C21H25FO4. The van der Waals surface area contributed by atoms with Crippen LogP contribution in [0.3, 0.4) is 0 Å². The van der Waals surface area contributed by atoms with Gasteiger partial charge in [-0.05, 0) is 36.2 Å². The molecule has 0 bridgehead atoms. The number of rotatable bonds is 6. The van der Waals surface area contributed by atoms with Crippen molar-refractivity contribution < 1.29 is 23.8 Å². The molecule has 2 aromatic carbocycles. The smallest absolute Gasteiger partial charge is 0.310 e. The van der Waals surface area contributed by atoms with Crippen molar-refractivity contribution in [1.82, 2.24) is 0 Å². The molecule has 26 heavy (non-hydrogen) atoms. The van der Waals surface area contributed by atoms with Gasteiger partial charge in [-0.2, -0.15) is 0 Å². The summed E-state index contributed by atoms with van der Waals surface area (Å²) < 4.78 is 23.8. The van der Waals surface area contributed by atoms with E-state index in [2.05, 4.69) is 11.3 Å². The van der Waals surface area contributed by atoms with E-state index >= 15 is 0 Å². The molecule has 0 saturated carbocycles. The zero-order valence-corrected chi connectivity index (χ0v) is 15.6.